The van der Waals surface area contributed by atoms with Gasteiger partial charge in [-0.15, -0.1) is 0 Å². The number of allylic oxidation sites excluding steroid dienone is 10. The van der Waals surface area contributed by atoms with E-state index in [1.54, 1.807) is 0 Å². The zero-order valence-electron chi connectivity index (χ0n) is 21.7. The molecule has 1 aliphatic heterocycles. The molecule has 0 saturated heterocycles. The van der Waals surface area contributed by atoms with E-state index >= 15 is 0 Å². The standard InChI is InChI=1S/C32H33N2S2.HI/c1-4-33-27-16-8-10-18-29(27)35-31(33)20-12-6-14-25-22-23-26(24(25)3)15-7-13-21-32-34(5-2)28-17-9-11-19-30(28)36-32;/h6-21H,4-5,22-23H2,1-3H3;1H/q+1;/p-1. The van der Waals surface area contributed by atoms with Crippen molar-refractivity contribution in [3.8, 4) is 0 Å². The third kappa shape index (κ3) is 6.05. The van der Waals surface area contributed by atoms with Crippen LogP contribution in [0.25, 0.3) is 16.3 Å². The second-order valence-electron chi connectivity index (χ2n) is 8.92. The molecular weight excluding hydrogens is 603 g/mol. The molecule has 1 aliphatic carbocycles. The number of anilines is 1. The van der Waals surface area contributed by atoms with Gasteiger partial charge in [0.1, 0.15) is 11.2 Å². The van der Waals surface area contributed by atoms with Crippen LogP contribution in [0.5, 0.6) is 0 Å². The summed E-state index contributed by atoms with van der Waals surface area (Å²) in [5.74, 6) is 0. The van der Waals surface area contributed by atoms with E-state index in [-0.39, 0.29) is 24.0 Å². The van der Waals surface area contributed by atoms with Crippen LogP contribution >= 0.6 is 23.1 Å². The molecule has 37 heavy (non-hydrogen) atoms. The topological polar surface area (TPSA) is 7.12 Å². The molecule has 0 bridgehead atoms. The van der Waals surface area contributed by atoms with Crippen molar-refractivity contribution in [2.45, 2.75) is 45.1 Å². The lowest BCUT2D eigenvalue weighted by molar-refractivity contribution is -0.665. The molecule has 2 aromatic carbocycles. The average molecular weight is 637 g/mol. The van der Waals surface area contributed by atoms with E-state index in [2.05, 4.69) is 127 Å². The smallest absolute Gasteiger partial charge is 0.262 e. The maximum Gasteiger partial charge on any atom is 0.262 e. The Hall–Kier alpha value is -2.35. The molecule has 5 heteroatoms. The third-order valence-electron chi connectivity index (χ3n) is 6.83. The van der Waals surface area contributed by atoms with Crippen LogP contribution in [0, 0.1) is 0 Å². The molecule has 0 atom stereocenters. The number of hydrogen-bond acceptors (Lipinski definition) is 3. The second kappa shape index (κ2) is 12.9. The Kier molecular flexibility index (Phi) is 9.68. The van der Waals surface area contributed by atoms with Crippen LogP contribution in [-0.2, 0) is 6.54 Å². The number of halogens is 1. The van der Waals surface area contributed by atoms with Gasteiger partial charge in [-0.3, -0.25) is 0 Å². The predicted octanol–water partition coefficient (Wildman–Crippen LogP) is 5.85. The van der Waals surface area contributed by atoms with Crippen LogP contribution in [0.4, 0.5) is 5.69 Å². The Balaban J connectivity index is 0.00000320. The van der Waals surface area contributed by atoms with Gasteiger partial charge in [0.2, 0.25) is 5.52 Å². The highest BCUT2D eigenvalue weighted by Crippen LogP contribution is 2.45. The lowest BCUT2D eigenvalue weighted by Gasteiger charge is -2.17. The fraction of sp³-hybridized carbons (Fsp3) is 0.219. The van der Waals surface area contributed by atoms with E-state index in [4.69, 9.17) is 0 Å². The van der Waals surface area contributed by atoms with E-state index in [1.165, 1.54) is 47.6 Å². The fourth-order valence-electron chi connectivity index (χ4n) is 4.89. The molecule has 190 valence electrons. The van der Waals surface area contributed by atoms with E-state index in [0.29, 0.717) is 0 Å². The first-order chi connectivity index (χ1) is 17.7. The minimum Gasteiger partial charge on any atom is -1.00 e. The number of aryl methyl sites for hydroxylation is 1. The second-order valence-corrected chi connectivity index (χ2v) is 11.0. The predicted molar refractivity (Wildman–Crippen MR) is 158 cm³/mol. The first-order valence-corrected chi connectivity index (χ1v) is 14.4. The Morgan fingerprint density at radius 1 is 0.892 bits per heavy atom. The van der Waals surface area contributed by atoms with E-state index in [0.717, 1.165) is 25.9 Å². The third-order valence-corrected chi connectivity index (χ3v) is 9.09. The van der Waals surface area contributed by atoms with Crippen LogP contribution in [0.1, 0.15) is 38.6 Å². The number of fused-ring (bicyclic) bond motifs is 2. The van der Waals surface area contributed by atoms with Gasteiger partial charge in [0.25, 0.3) is 5.01 Å². The number of benzene rings is 2. The van der Waals surface area contributed by atoms with Gasteiger partial charge in [-0.1, -0.05) is 83.8 Å². The first kappa shape index (κ1) is 27.7. The molecule has 2 heterocycles. The van der Waals surface area contributed by atoms with Crippen molar-refractivity contribution in [2.75, 3.05) is 11.4 Å². The van der Waals surface area contributed by atoms with Crippen LogP contribution in [0.15, 0.2) is 118 Å². The zero-order valence-corrected chi connectivity index (χ0v) is 25.4. The molecule has 1 aromatic heterocycles. The molecule has 0 unspecified atom stereocenters. The Bertz CT molecular complexity index is 1450. The number of rotatable bonds is 7. The van der Waals surface area contributed by atoms with Crippen molar-refractivity contribution in [1.82, 2.24) is 0 Å². The van der Waals surface area contributed by atoms with Crippen molar-refractivity contribution in [2.24, 2.45) is 0 Å². The number of para-hydroxylation sites is 2. The van der Waals surface area contributed by atoms with Gasteiger partial charge in [-0.2, -0.15) is 4.57 Å². The van der Waals surface area contributed by atoms with Crippen LogP contribution in [-0.4, -0.2) is 6.54 Å². The zero-order chi connectivity index (χ0) is 24.9. The van der Waals surface area contributed by atoms with Gasteiger partial charge in [0.05, 0.1) is 10.7 Å². The van der Waals surface area contributed by atoms with Gasteiger partial charge >= 0.3 is 0 Å². The summed E-state index contributed by atoms with van der Waals surface area (Å²) in [5, 5.41) is 2.59. The Morgan fingerprint density at radius 2 is 1.65 bits per heavy atom. The summed E-state index contributed by atoms with van der Waals surface area (Å²) in [4.78, 5) is 3.73. The highest BCUT2D eigenvalue weighted by Gasteiger charge is 2.22. The molecule has 3 aromatic rings. The summed E-state index contributed by atoms with van der Waals surface area (Å²) >= 11 is 3.71. The van der Waals surface area contributed by atoms with Crippen molar-refractivity contribution >= 4 is 45.1 Å². The largest absolute Gasteiger partial charge is 1.00 e. The number of thiazole rings is 1. The molecule has 2 aliphatic rings. The lowest BCUT2D eigenvalue weighted by Crippen LogP contribution is -3.00. The van der Waals surface area contributed by atoms with Gasteiger partial charge in [0.15, 0.2) is 0 Å². The molecule has 0 radical (unpaired) electrons. The molecule has 5 rings (SSSR count). The summed E-state index contributed by atoms with van der Waals surface area (Å²) in [6, 6.07) is 17.3. The molecule has 0 spiro atoms. The molecule has 0 fully saturated rings. The SMILES string of the molecule is CCN1/C(=C/C=C/C=C2\CCC(/C=C/C=C/c3sc4ccccc4[n+]3CC)=C2C)Sc2ccccc21.[I-]. The summed E-state index contributed by atoms with van der Waals surface area (Å²) in [7, 11) is 0. The van der Waals surface area contributed by atoms with Crippen LogP contribution in [0.2, 0.25) is 0 Å². The fourth-order valence-corrected chi connectivity index (χ4v) is 7.17. The quantitative estimate of drug-likeness (QED) is 0.183. The maximum atomic E-state index is 2.38. The van der Waals surface area contributed by atoms with E-state index in [9.17, 15) is 0 Å². The van der Waals surface area contributed by atoms with Gasteiger partial charge in [0, 0.05) is 23.6 Å². The molecular formula is C32H33IN2S2. The molecule has 0 saturated carbocycles. The minimum absolute atomic E-state index is 0. The summed E-state index contributed by atoms with van der Waals surface area (Å²) < 4.78 is 3.73. The van der Waals surface area contributed by atoms with E-state index < -0.39 is 0 Å². The summed E-state index contributed by atoms with van der Waals surface area (Å²) in [5.41, 5.74) is 6.94. The number of thioether (sulfide) groups is 1. The monoisotopic (exact) mass is 636 g/mol. The summed E-state index contributed by atoms with van der Waals surface area (Å²) in [6.07, 6.45) is 20.0. The Labute approximate surface area is 246 Å². The average Bonchev–Trinajstić information content (AvgIpc) is 3.56. The van der Waals surface area contributed by atoms with Crippen molar-refractivity contribution < 1.29 is 28.5 Å². The van der Waals surface area contributed by atoms with E-state index in [1.807, 2.05) is 23.1 Å². The van der Waals surface area contributed by atoms with Gasteiger partial charge in [-0.05, 0) is 74.6 Å². The molecule has 2 nitrogen and oxygen atoms in total. The molecule has 0 N–H and O–H groups in total. The lowest BCUT2D eigenvalue weighted by atomic mass is 10.1. The maximum absolute atomic E-state index is 2.38. The first-order valence-electron chi connectivity index (χ1n) is 12.8. The summed E-state index contributed by atoms with van der Waals surface area (Å²) in [6.45, 7) is 8.65. The number of nitrogens with zero attached hydrogens (tertiary/aromatic N) is 2. The highest BCUT2D eigenvalue weighted by atomic mass is 127. The van der Waals surface area contributed by atoms with Crippen LogP contribution in [0.3, 0.4) is 0 Å². The Morgan fingerprint density at radius 3 is 2.49 bits per heavy atom. The molecule has 0 amide bonds. The normalized spacial score (nSPS) is 18.0. The van der Waals surface area contributed by atoms with Gasteiger partial charge in [-0.25, -0.2) is 0 Å². The number of hydrogen-bond donors (Lipinski definition) is 0. The van der Waals surface area contributed by atoms with Crippen LogP contribution < -0.4 is 33.4 Å². The van der Waals surface area contributed by atoms with Crippen molar-refractivity contribution in [3.63, 3.8) is 0 Å². The number of aromatic nitrogens is 1. The van der Waals surface area contributed by atoms with Crippen molar-refractivity contribution in [3.05, 3.63) is 118 Å². The van der Waals surface area contributed by atoms with Crippen molar-refractivity contribution in [1.29, 1.82) is 0 Å². The minimum atomic E-state index is 0. The van der Waals surface area contributed by atoms with Gasteiger partial charge < -0.3 is 28.9 Å². The highest BCUT2D eigenvalue weighted by molar-refractivity contribution is 8.03.